The van der Waals surface area contributed by atoms with E-state index >= 15 is 0 Å². The molecule has 0 heterocycles. The van der Waals surface area contributed by atoms with Crippen LogP contribution in [0.4, 0.5) is 0 Å². The Labute approximate surface area is 144 Å². The van der Waals surface area contributed by atoms with Gasteiger partial charge in [-0.15, -0.1) is 0 Å². The summed E-state index contributed by atoms with van der Waals surface area (Å²) in [5, 5.41) is 3.55. The number of nitrogens with one attached hydrogen (secondary N) is 1. The van der Waals surface area contributed by atoms with E-state index in [0.29, 0.717) is 18.1 Å². The van der Waals surface area contributed by atoms with E-state index in [-0.39, 0.29) is 17.7 Å². The second-order valence-electron chi connectivity index (χ2n) is 6.07. The van der Waals surface area contributed by atoms with Crippen LogP contribution >= 0.6 is 11.6 Å². The molecule has 0 radical (unpaired) electrons. The van der Waals surface area contributed by atoms with Gasteiger partial charge >= 0.3 is 0 Å². The lowest BCUT2D eigenvalue weighted by Crippen LogP contribution is -2.49. The molecule has 1 rings (SSSR count). The molecule has 1 aromatic rings. The zero-order valence-electron chi connectivity index (χ0n) is 14.4. The van der Waals surface area contributed by atoms with E-state index in [0.717, 1.165) is 18.4 Å². The molecular formula is C18H27ClN2O2. The van der Waals surface area contributed by atoms with E-state index in [2.05, 4.69) is 12.2 Å². The van der Waals surface area contributed by atoms with Gasteiger partial charge in [0.1, 0.15) is 6.04 Å². The zero-order valence-corrected chi connectivity index (χ0v) is 15.2. The lowest BCUT2D eigenvalue weighted by Gasteiger charge is -2.30. The van der Waals surface area contributed by atoms with Crippen molar-refractivity contribution < 1.29 is 9.59 Å². The maximum Gasteiger partial charge on any atom is 0.242 e. The monoisotopic (exact) mass is 338 g/mol. The smallest absolute Gasteiger partial charge is 0.242 e. The van der Waals surface area contributed by atoms with Crippen LogP contribution in [0.3, 0.4) is 0 Å². The van der Waals surface area contributed by atoms with Crippen molar-refractivity contribution in [3.05, 3.63) is 34.9 Å². The van der Waals surface area contributed by atoms with Crippen molar-refractivity contribution in [2.75, 3.05) is 6.54 Å². The molecule has 23 heavy (non-hydrogen) atoms. The van der Waals surface area contributed by atoms with Crippen LogP contribution in [0.2, 0.25) is 5.02 Å². The molecule has 0 unspecified atom stereocenters. The van der Waals surface area contributed by atoms with E-state index in [9.17, 15) is 9.59 Å². The van der Waals surface area contributed by atoms with Gasteiger partial charge in [-0.25, -0.2) is 0 Å². The average molecular weight is 339 g/mol. The number of rotatable bonds is 8. The number of unbranched alkanes of at least 4 members (excludes halogenated alkanes) is 1. The summed E-state index contributed by atoms with van der Waals surface area (Å²) in [4.78, 5) is 26.4. The Balaban J connectivity index is 2.84. The molecule has 0 aromatic heterocycles. The SMILES string of the molecule is CCCCNC(=O)[C@H](C)N(Cc1ccc(Cl)cc1)C(=O)C(C)C. The van der Waals surface area contributed by atoms with Crippen LogP contribution in [0.15, 0.2) is 24.3 Å². The molecule has 4 nitrogen and oxygen atoms in total. The number of hydrogen-bond donors (Lipinski definition) is 1. The fraction of sp³-hybridized carbons (Fsp3) is 0.556. The van der Waals surface area contributed by atoms with Gasteiger partial charge in [-0.1, -0.05) is 50.9 Å². The Morgan fingerprint density at radius 2 is 1.78 bits per heavy atom. The van der Waals surface area contributed by atoms with Gasteiger partial charge in [0.05, 0.1) is 0 Å². The zero-order chi connectivity index (χ0) is 17.4. The molecule has 2 amide bonds. The lowest BCUT2D eigenvalue weighted by atomic mass is 10.1. The predicted octanol–water partition coefficient (Wildman–Crippen LogP) is 3.63. The van der Waals surface area contributed by atoms with Gasteiger partial charge in [0.25, 0.3) is 0 Å². The average Bonchev–Trinajstić information content (AvgIpc) is 2.53. The fourth-order valence-electron chi connectivity index (χ4n) is 2.20. The van der Waals surface area contributed by atoms with Crippen molar-refractivity contribution in [2.24, 2.45) is 5.92 Å². The second kappa shape index (κ2) is 9.56. The van der Waals surface area contributed by atoms with Gasteiger partial charge in [0.2, 0.25) is 11.8 Å². The first-order valence-corrected chi connectivity index (χ1v) is 8.57. The molecule has 1 aromatic carbocycles. The molecule has 1 atom stereocenters. The normalized spacial score (nSPS) is 12.1. The Hall–Kier alpha value is -1.55. The molecule has 0 bridgehead atoms. The highest BCUT2D eigenvalue weighted by Gasteiger charge is 2.27. The molecule has 1 N–H and O–H groups in total. The van der Waals surface area contributed by atoms with Crippen LogP contribution in [-0.2, 0) is 16.1 Å². The molecule has 0 aliphatic carbocycles. The summed E-state index contributed by atoms with van der Waals surface area (Å²) < 4.78 is 0. The maximum atomic E-state index is 12.5. The molecular weight excluding hydrogens is 312 g/mol. The van der Waals surface area contributed by atoms with Crippen LogP contribution in [0, 0.1) is 5.92 Å². The number of carbonyl (C=O) groups is 2. The summed E-state index contributed by atoms with van der Waals surface area (Å²) in [5.74, 6) is -0.298. The fourth-order valence-corrected chi connectivity index (χ4v) is 2.33. The predicted molar refractivity (Wildman–Crippen MR) is 94.2 cm³/mol. The van der Waals surface area contributed by atoms with E-state index in [1.54, 1.807) is 24.0 Å². The highest BCUT2D eigenvalue weighted by molar-refractivity contribution is 6.30. The number of carbonyl (C=O) groups excluding carboxylic acids is 2. The molecule has 5 heteroatoms. The third-order valence-corrected chi connectivity index (χ3v) is 3.97. The quantitative estimate of drug-likeness (QED) is 0.736. The molecule has 0 aliphatic heterocycles. The van der Waals surface area contributed by atoms with Crippen molar-refractivity contribution >= 4 is 23.4 Å². The summed E-state index contributed by atoms with van der Waals surface area (Å²) >= 11 is 5.90. The Kier molecular flexibility index (Phi) is 8.10. The van der Waals surface area contributed by atoms with Gasteiger partial charge in [-0.2, -0.15) is 0 Å². The Morgan fingerprint density at radius 1 is 1.17 bits per heavy atom. The lowest BCUT2D eigenvalue weighted by molar-refractivity contribution is -0.143. The maximum absolute atomic E-state index is 12.5. The highest BCUT2D eigenvalue weighted by Crippen LogP contribution is 2.15. The minimum Gasteiger partial charge on any atom is -0.354 e. The number of nitrogens with zero attached hydrogens (tertiary/aromatic N) is 1. The summed E-state index contributed by atoms with van der Waals surface area (Å²) in [6.45, 7) is 8.58. The van der Waals surface area contributed by atoms with Crippen LogP contribution in [0.25, 0.3) is 0 Å². The van der Waals surface area contributed by atoms with Gasteiger partial charge < -0.3 is 10.2 Å². The van der Waals surface area contributed by atoms with Crippen molar-refractivity contribution in [1.82, 2.24) is 10.2 Å². The largest absolute Gasteiger partial charge is 0.354 e. The first kappa shape index (κ1) is 19.5. The topological polar surface area (TPSA) is 49.4 Å². The standard InChI is InChI=1S/C18H27ClN2O2/c1-5-6-11-20-17(22)14(4)21(18(23)13(2)3)12-15-7-9-16(19)10-8-15/h7-10,13-14H,5-6,11-12H2,1-4H3,(H,20,22)/t14-/m0/s1. The first-order valence-electron chi connectivity index (χ1n) is 8.19. The number of hydrogen-bond acceptors (Lipinski definition) is 2. The molecule has 0 aliphatic rings. The first-order chi connectivity index (χ1) is 10.9. The van der Waals surface area contributed by atoms with Gasteiger partial charge in [-0.05, 0) is 31.0 Å². The number of amides is 2. The van der Waals surface area contributed by atoms with E-state index in [1.165, 1.54) is 0 Å². The minimum absolute atomic E-state index is 0.0295. The van der Waals surface area contributed by atoms with Crippen molar-refractivity contribution in [3.8, 4) is 0 Å². The van der Waals surface area contributed by atoms with Crippen LogP contribution in [0.5, 0.6) is 0 Å². The highest BCUT2D eigenvalue weighted by atomic mass is 35.5. The van der Waals surface area contributed by atoms with Crippen LogP contribution in [-0.4, -0.2) is 29.3 Å². The molecule has 0 saturated carbocycles. The molecule has 0 saturated heterocycles. The second-order valence-corrected chi connectivity index (χ2v) is 6.50. The minimum atomic E-state index is -0.502. The third-order valence-electron chi connectivity index (χ3n) is 3.72. The van der Waals surface area contributed by atoms with E-state index < -0.39 is 6.04 Å². The molecule has 128 valence electrons. The van der Waals surface area contributed by atoms with Crippen LogP contribution in [0.1, 0.15) is 46.1 Å². The van der Waals surface area contributed by atoms with Gasteiger partial charge in [0, 0.05) is 24.0 Å². The number of benzene rings is 1. The molecule has 0 fully saturated rings. The van der Waals surface area contributed by atoms with Gasteiger partial charge in [0.15, 0.2) is 0 Å². The third kappa shape index (κ3) is 6.22. The summed E-state index contributed by atoms with van der Waals surface area (Å²) in [7, 11) is 0. The van der Waals surface area contributed by atoms with Crippen molar-refractivity contribution in [1.29, 1.82) is 0 Å². The van der Waals surface area contributed by atoms with Gasteiger partial charge in [-0.3, -0.25) is 9.59 Å². The summed E-state index contributed by atoms with van der Waals surface area (Å²) in [6, 6.07) is 6.84. The summed E-state index contributed by atoms with van der Waals surface area (Å²) in [6.07, 6.45) is 1.96. The summed E-state index contributed by atoms with van der Waals surface area (Å²) in [5.41, 5.74) is 0.955. The van der Waals surface area contributed by atoms with Crippen LogP contribution < -0.4 is 5.32 Å². The van der Waals surface area contributed by atoms with E-state index in [1.807, 2.05) is 26.0 Å². The number of halogens is 1. The van der Waals surface area contributed by atoms with Crippen molar-refractivity contribution in [3.63, 3.8) is 0 Å². The molecule has 0 spiro atoms. The van der Waals surface area contributed by atoms with E-state index in [4.69, 9.17) is 11.6 Å². The Bertz CT molecular complexity index is 514. The Morgan fingerprint density at radius 3 is 2.30 bits per heavy atom. The van der Waals surface area contributed by atoms with Crippen molar-refractivity contribution in [2.45, 2.75) is 53.1 Å².